The maximum Gasteiger partial charge on any atom is 0.433 e. The number of carbonyl (C=O) groups is 2. The van der Waals surface area contributed by atoms with Crippen molar-refractivity contribution in [2.75, 3.05) is 5.32 Å². The van der Waals surface area contributed by atoms with Gasteiger partial charge in [0.15, 0.2) is 0 Å². The summed E-state index contributed by atoms with van der Waals surface area (Å²) in [6.07, 6.45) is -6.55. The predicted molar refractivity (Wildman–Crippen MR) is 116 cm³/mol. The Balaban J connectivity index is 1.83. The molecule has 3 N–H and O–H groups in total. The number of hydrogen-bond acceptors (Lipinski definition) is 6. The molecule has 4 aromatic heterocycles. The van der Waals surface area contributed by atoms with E-state index in [1.807, 2.05) is 0 Å². The van der Waals surface area contributed by atoms with Crippen LogP contribution in [0.2, 0.25) is 5.02 Å². The normalized spacial score (nSPS) is 12.0. The van der Waals surface area contributed by atoms with E-state index < -0.39 is 42.3 Å². The van der Waals surface area contributed by atoms with E-state index in [-0.39, 0.29) is 42.8 Å². The Kier molecular flexibility index (Phi) is 6.27. The Morgan fingerprint density at radius 1 is 1.34 bits per heavy atom. The van der Waals surface area contributed by atoms with E-state index in [1.54, 1.807) is 0 Å². The summed E-state index contributed by atoms with van der Waals surface area (Å²) in [5, 5.41) is 5.73. The lowest BCUT2D eigenvalue weighted by Gasteiger charge is -2.11. The first-order valence-corrected chi connectivity index (χ1v) is 10.8. The molecular formula is C20H13ClF5N5O3S. The van der Waals surface area contributed by atoms with Crippen molar-refractivity contribution >= 4 is 50.7 Å². The molecule has 35 heavy (non-hydrogen) atoms. The van der Waals surface area contributed by atoms with Crippen molar-refractivity contribution in [3.05, 3.63) is 51.4 Å². The molecule has 8 nitrogen and oxygen atoms in total. The fraction of sp³-hybridized carbons (Fsp3) is 0.200. The molecule has 0 saturated carbocycles. The van der Waals surface area contributed by atoms with Crippen LogP contribution in [0.3, 0.4) is 0 Å². The Morgan fingerprint density at radius 3 is 2.60 bits per heavy atom. The molecule has 0 atom stereocenters. The summed E-state index contributed by atoms with van der Waals surface area (Å²) in [6.45, 7) is 0.791. The molecule has 0 bridgehead atoms. The van der Waals surface area contributed by atoms with Gasteiger partial charge in [-0.25, -0.2) is 13.8 Å². The van der Waals surface area contributed by atoms with Gasteiger partial charge in [-0.05, 0) is 25.1 Å². The minimum Gasteiger partial charge on any atom is -0.464 e. The summed E-state index contributed by atoms with van der Waals surface area (Å²) < 4.78 is 72.7. The van der Waals surface area contributed by atoms with Crippen LogP contribution in [-0.4, -0.2) is 26.6 Å². The summed E-state index contributed by atoms with van der Waals surface area (Å²) in [7, 11) is 0. The molecule has 0 aromatic carbocycles. The second kappa shape index (κ2) is 8.92. The van der Waals surface area contributed by atoms with Gasteiger partial charge in [0.05, 0.1) is 22.7 Å². The Morgan fingerprint density at radius 2 is 2.06 bits per heavy atom. The quantitative estimate of drug-likeness (QED) is 0.322. The lowest BCUT2D eigenvalue weighted by Crippen LogP contribution is -2.22. The second-order valence-corrected chi connectivity index (χ2v) is 8.55. The van der Waals surface area contributed by atoms with Gasteiger partial charge in [-0.3, -0.25) is 14.3 Å². The van der Waals surface area contributed by atoms with Crippen LogP contribution in [0.5, 0.6) is 0 Å². The number of primary amides is 1. The summed E-state index contributed by atoms with van der Waals surface area (Å²) in [5.74, 6) is -1.84. The highest BCUT2D eigenvalue weighted by atomic mass is 35.5. The number of aromatic nitrogens is 3. The van der Waals surface area contributed by atoms with E-state index in [4.69, 9.17) is 21.8 Å². The van der Waals surface area contributed by atoms with Crippen molar-refractivity contribution < 1.29 is 36.0 Å². The molecule has 0 aliphatic rings. The highest BCUT2D eigenvalue weighted by Gasteiger charge is 2.35. The summed E-state index contributed by atoms with van der Waals surface area (Å²) in [5.41, 5.74) is 3.26. The molecule has 4 rings (SSSR count). The van der Waals surface area contributed by atoms with Gasteiger partial charge in [0, 0.05) is 10.9 Å². The van der Waals surface area contributed by atoms with Crippen molar-refractivity contribution in [3.8, 4) is 11.3 Å². The summed E-state index contributed by atoms with van der Waals surface area (Å²) in [6, 6.07) is 3.56. The number of fused-ring (bicyclic) bond motifs is 1. The van der Waals surface area contributed by atoms with Crippen LogP contribution in [0.15, 0.2) is 28.9 Å². The van der Waals surface area contributed by atoms with E-state index in [0.717, 1.165) is 10.7 Å². The van der Waals surface area contributed by atoms with Gasteiger partial charge in [0.25, 0.3) is 12.3 Å². The number of nitrogens with two attached hydrogens (primary N) is 1. The van der Waals surface area contributed by atoms with E-state index in [1.165, 1.54) is 25.3 Å². The zero-order chi connectivity index (χ0) is 25.7. The fourth-order valence-corrected chi connectivity index (χ4v) is 4.54. The molecule has 4 aromatic rings. The predicted octanol–water partition coefficient (Wildman–Crippen LogP) is 5.41. The van der Waals surface area contributed by atoms with Crippen LogP contribution >= 0.6 is 22.9 Å². The van der Waals surface area contributed by atoms with Crippen LogP contribution < -0.4 is 11.1 Å². The van der Waals surface area contributed by atoms with E-state index >= 15 is 0 Å². The first-order chi connectivity index (χ1) is 16.4. The standard InChI is InChI=1S/C20H13ClF5N5O3S/c1-7-13(21)15(17(22)23)30-31(7)6-11(32)29-14-12-8(9-3-2-4-34-9)5-10(20(24,25)26)28-19(12)35-16(14)18(27)33/h2-5,17H,6H2,1H3,(H2,27,33)(H,29,32). The molecule has 0 unspecified atom stereocenters. The number of rotatable bonds is 6. The van der Waals surface area contributed by atoms with Crippen molar-refractivity contribution in [2.24, 2.45) is 5.73 Å². The number of nitrogens with one attached hydrogen (secondary N) is 1. The first-order valence-electron chi connectivity index (χ1n) is 9.57. The number of carbonyl (C=O) groups excluding carboxylic acids is 2. The van der Waals surface area contributed by atoms with Crippen LogP contribution in [0, 0.1) is 6.92 Å². The SMILES string of the molecule is Cc1c(Cl)c(C(F)F)nn1CC(=O)Nc1c(C(N)=O)sc2nc(C(F)(F)F)cc(-c3ccco3)c12. The number of alkyl halides is 5. The summed E-state index contributed by atoms with van der Waals surface area (Å²) in [4.78, 5) is 28.0. The van der Waals surface area contributed by atoms with Crippen molar-refractivity contribution in [1.82, 2.24) is 14.8 Å². The lowest BCUT2D eigenvalue weighted by atomic mass is 10.1. The number of nitrogens with zero attached hydrogens (tertiary/aromatic N) is 3. The maximum absolute atomic E-state index is 13.5. The van der Waals surface area contributed by atoms with Crippen LogP contribution in [0.4, 0.5) is 27.6 Å². The van der Waals surface area contributed by atoms with Gasteiger partial charge < -0.3 is 15.5 Å². The van der Waals surface area contributed by atoms with Gasteiger partial charge in [0.1, 0.15) is 33.4 Å². The minimum absolute atomic E-state index is 0.0106. The van der Waals surface area contributed by atoms with E-state index in [9.17, 15) is 31.5 Å². The van der Waals surface area contributed by atoms with Gasteiger partial charge in [0.2, 0.25) is 5.91 Å². The second-order valence-electron chi connectivity index (χ2n) is 7.17. The van der Waals surface area contributed by atoms with Crippen molar-refractivity contribution in [2.45, 2.75) is 26.1 Å². The highest BCUT2D eigenvalue weighted by Crippen LogP contribution is 2.43. The van der Waals surface area contributed by atoms with Gasteiger partial charge in [-0.15, -0.1) is 11.3 Å². The van der Waals surface area contributed by atoms with E-state index in [2.05, 4.69) is 15.4 Å². The lowest BCUT2D eigenvalue weighted by molar-refractivity contribution is -0.140. The number of furan rings is 1. The Labute approximate surface area is 201 Å². The van der Waals surface area contributed by atoms with Gasteiger partial charge in [-0.2, -0.15) is 18.3 Å². The maximum atomic E-state index is 13.5. The third kappa shape index (κ3) is 4.58. The number of hydrogen-bond donors (Lipinski definition) is 2. The van der Waals surface area contributed by atoms with Gasteiger partial charge >= 0.3 is 6.18 Å². The van der Waals surface area contributed by atoms with Gasteiger partial charge in [-0.1, -0.05) is 11.6 Å². The van der Waals surface area contributed by atoms with Crippen molar-refractivity contribution in [3.63, 3.8) is 0 Å². The fourth-order valence-electron chi connectivity index (χ4n) is 3.32. The molecular weight excluding hydrogens is 521 g/mol. The molecule has 4 heterocycles. The molecule has 0 saturated heterocycles. The number of halogens is 6. The topological polar surface area (TPSA) is 116 Å². The monoisotopic (exact) mass is 533 g/mol. The number of anilines is 1. The zero-order valence-corrected chi connectivity index (χ0v) is 19.0. The number of pyridine rings is 1. The average Bonchev–Trinajstić information content (AvgIpc) is 3.48. The minimum atomic E-state index is -4.81. The molecule has 0 aliphatic heterocycles. The molecule has 0 spiro atoms. The largest absolute Gasteiger partial charge is 0.464 e. The van der Waals surface area contributed by atoms with Crippen LogP contribution in [0.25, 0.3) is 21.5 Å². The van der Waals surface area contributed by atoms with Crippen LogP contribution in [-0.2, 0) is 17.5 Å². The highest BCUT2D eigenvalue weighted by molar-refractivity contribution is 7.21. The molecule has 184 valence electrons. The number of amides is 2. The zero-order valence-electron chi connectivity index (χ0n) is 17.4. The Bertz CT molecular complexity index is 1450. The third-order valence-electron chi connectivity index (χ3n) is 4.89. The molecule has 0 fully saturated rings. The van der Waals surface area contributed by atoms with Crippen molar-refractivity contribution in [1.29, 1.82) is 0 Å². The molecule has 15 heteroatoms. The summed E-state index contributed by atoms with van der Waals surface area (Å²) >= 11 is 6.40. The first kappa shape index (κ1) is 24.6. The molecule has 0 aliphatic carbocycles. The van der Waals surface area contributed by atoms with Crippen LogP contribution in [0.1, 0.15) is 33.2 Å². The smallest absolute Gasteiger partial charge is 0.433 e. The third-order valence-corrected chi connectivity index (χ3v) is 6.45. The van der Waals surface area contributed by atoms with E-state index in [0.29, 0.717) is 11.3 Å². The molecule has 0 radical (unpaired) electrons. The molecule has 2 amide bonds. The Hall–Kier alpha value is -3.52. The number of thiophene rings is 1. The average molecular weight is 534 g/mol.